The second-order valence-electron chi connectivity index (χ2n) is 5.04. The van der Waals surface area contributed by atoms with Crippen LogP contribution in [-0.4, -0.2) is 19.1 Å². The number of anilines is 1. The van der Waals surface area contributed by atoms with Crippen LogP contribution in [0.2, 0.25) is 0 Å². The summed E-state index contributed by atoms with van der Waals surface area (Å²) in [7, 11) is 0. The molecule has 1 heterocycles. The summed E-state index contributed by atoms with van der Waals surface area (Å²) < 4.78 is 25.0. The SMILES string of the molecule is CCOc1cccc2c1OCC(=O)N(c1ccc(F)cc1Br)C2. The molecule has 6 heteroatoms. The maximum atomic E-state index is 13.3. The number of rotatable bonds is 3. The van der Waals surface area contributed by atoms with E-state index in [1.807, 2.05) is 25.1 Å². The van der Waals surface area contributed by atoms with Gasteiger partial charge in [0.15, 0.2) is 18.1 Å². The van der Waals surface area contributed by atoms with Gasteiger partial charge in [-0.15, -0.1) is 0 Å². The van der Waals surface area contributed by atoms with E-state index in [2.05, 4.69) is 15.9 Å². The first-order valence-corrected chi connectivity index (χ1v) is 8.02. The minimum absolute atomic E-state index is 0.0963. The maximum Gasteiger partial charge on any atom is 0.265 e. The Morgan fingerprint density at radius 1 is 1.35 bits per heavy atom. The van der Waals surface area contributed by atoms with Gasteiger partial charge in [0, 0.05) is 10.0 Å². The largest absolute Gasteiger partial charge is 0.490 e. The Kier molecular flexibility index (Phi) is 4.52. The first-order valence-electron chi connectivity index (χ1n) is 7.23. The monoisotopic (exact) mass is 379 g/mol. The number of nitrogens with zero attached hydrogens (tertiary/aromatic N) is 1. The van der Waals surface area contributed by atoms with E-state index in [9.17, 15) is 9.18 Å². The predicted octanol–water partition coefficient (Wildman–Crippen LogP) is 3.91. The third kappa shape index (κ3) is 3.17. The number of carbonyl (C=O) groups is 1. The van der Waals surface area contributed by atoms with Crippen molar-refractivity contribution < 1.29 is 18.7 Å². The molecular formula is C17H15BrFNO3. The Bertz CT molecular complexity index is 751. The number of hydrogen-bond donors (Lipinski definition) is 0. The Morgan fingerprint density at radius 2 is 2.17 bits per heavy atom. The summed E-state index contributed by atoms with van der Waals surface area (Å²) in [6.45, 7) is 2.64. The quantitative estimate of drug-likeness (QED) is 0.811. The van der Waals surface area contributed by atoms with Crippen molar-refractivity contribution in [3.63, 3.8) is 0 Å². The molecule has 4 nitrogen and oxygen atoms in total. The Balaban J connectivity index is 2.00. The number of carbonyl (C=O) groups excluding carboxylic acids is 1. The summed E-state index contributed by atoms with van der Waals surface area (Å²) in [6, 6.07) is 9.81. The zero-order chi connectivity index (χ0) is 16.4. The van der Waals surface area contributed by atoms with Crippen molar-refractivity contribution in [1.29, 1.82) is 0 Å². The molecule has 2 aromatic rings. The van der Waals surface area contributed by atoms with E-state index in [1.165, 1.54) is 12.1 Å². The van der Waals surface area contributed by atoms with Gasteiger partial charge in [0.05, 0.1) is 18.8 Å². The van der Waals surface area contributed by atoms with Gasteiger partial charge >= 0.3 is 0 Å². The van der Waals surface area contributed by atoms with Crippen molar-refractivity contribution in [2.75, 3.05) is 18.1 Å². The molecule has 0 saturated heterocycles. The zero-order valence-corrected chi connectivity index (χ0v) is 14.1. The number of benzene rings is 2. The smallest absolute Gasteiger partial charge is 0.265 e. The first-order chi connectivity index (χ1) is 11.1. The lowest BCUT2D eigenvalue weighted by Crippen LogP contribution is -2.32. The molecule has 0 atom stereocenters. The summed E-state index contributed by atoms with van der Waals surface area (Å²) in [6.07, 6.45) is 0. The molecule has 0 aromatic heterocycles. The molecule has 0 N–H and O–H groups in total. The number of hydrogen-bond acceptors (Lipinski definition) is 3. The Labute approximate surface area is 141 Å². The highest BCUT2D eigenvalue weighted by atomic mass is 79.9. The first kappa shape index (κ1) is 15.8. The molecule has 0 aliphatic carbocycles. The van der Waals surface area contributed by atoms with Crippen LogP contribution in [0.15, 0.2) is 40.9 Å². The molecule has 0 unspecified atom stereocenters. The van der Waals surface area contributed by atoms with Crippen molar-refractivity contribution >= 4 is 27.5 Å². The van der Waals surface area contributed by atoms with Crippen LogP contribution in [0.25, 0.3) is 0 Å². The van der Waals surface area contributed by atoms with Crippen LogP contribution in [0.3, 0.4) is 0 Å². The summed E-state index contributed by atoms with van der Waals surface area (Å²) in [4.78, 5) is 14.0. The van der Waals surface area contributed by atoms with Gasteiger partial charge in [0.1, 0.15) is 5.82 Å². The average molecular weight is 380 g/mol. The summed E-state index contributed by atoms with van der Waals surface area (Å²) in [5.41, 5.74) is 1.45. The van der Waals surface area contributed by atoms with E-state index in [-0.39, 0.29) is 18.3 Å². The van der Waals surface area contributed by atoms with Gasteiger partial charge in [-0.25, -0.2) is 4.39 Å². The molecule has 120 valence electrons. The number of fused-ring (bicyclic) bond motifs is 1. The van der Waals surface area contributed by atoms with Gasteiger partial charge in [-0.3, -0.25) is 4.79 Å². The number of amides is 1. The normalized spacial score (nSPS) is 14.0. The molecule has 23 heavy (non-hydrogen) atoms. The highest BCUT2D eigenvalue weighted by Gasteiger charge is 2.26. The van der Waals surface area contributed by atoms with Crippen molar-refractivity contribution in [1.82, 2.24) is 0 Å². The molecule has 1 amide bonds. The number of ether oxygens (including phenoxy) is 2. The highest BCUT2D eigenvalue weighted by Crippen LogP contribution is 2.36. The van der Waals surface area contributed by atoms with Crippen LogP contribution >= 0.6 is 15.9 Å². The van der Waals surface area contributed by atoms with Crippen LogP contribution in [0.1, 0.15) is 12.5 Å². The van der Waals surface area contributed by atoms with E-state index in [1.54, 1.807) is 11.0 Å². The molecule has 1 aliphatic heterocycles. The van der Waals surface area contributed by atoms with E-state index in [4.69, 9.17) is 9.47 Å². The molecule has 1 aliphatic rings. The van der Waals surface area contributed by atoms with Crippen molar-refractivity contribution in [2.45, 2.75) is 13.5 Å². The third-order valence-electron chi connectivity index (χ3n) is 3.53. The summed E-state index contributed by atoms with van der Waals surface area (Å²) >= 11 is 3.32. The highest BCUT2D eigenvalue weighted by molar-refractivity contribution is 9.10. The molecular weight excluding hydrogens is 365 g/mol. The van der Waals surface area contributed by atoms with E-state index in [0.29, 0.717) is 34.8 Å². The summed E-state index contributed by atoms with van der Waals surface area (Å²) in [5.74, 6) is 0.649. The minimum atomic E-state index is -0.363. The molecule has 0 saturated carbocycles. The van der Waals surface area contributed by atoms with Gasteiger partial charge in [0.25, 0.3) is 5.91 Å². The van der Waals surface area contributed by atoms with Crippen molar-refractivity contribution in [2.24, 2.45) is 0 Å². The second kappa shape index (κ2) is 6.58. The van der Waals surface area contributed by atoms with Crippen LogP contribution in [0.5, 0.6) is 11.5 Å². The van der Waals surface area contributed by atoms with Gasteiger partial charge in [-0.05, 0) is 47.1 Å². The fraction of sp³-hybridized carbons (Fsp3) is 0.235. The Morgan fingerprint density at radius 3 is 2.91 bits per heavy atom. The minimum Gasteiger partial charge on any atom is -0.490 e. The fourth-order valence-corrected chi connectivity index (χ4v) is 3.07. The van der Waals surface area contributed by atoms with Gasteiger partial charge < -0.3 is 14.4 Å². The maximum absolute atomic E-state index is 13.3. The van der Waals surface area contributed by atoms with E-state index >= 15 is 0 Å². The van der Waals surface area contributed by atoms with E-state index in [0.717, 1.165) is 5.56 Å². The lowest BCUT2D eigenvalue weighted by atomic mass is 10.1. The number of para-hydroxylation sites is 1. The van der Waals surface area contributed by atoms with Crippen molar-refractivity contribution in [3.05, 3.63) is 52.3 Å². The van der Waals surface area contributed by atoms with Crippen LogP contribution in [0, 0.1) is 5.82 Å². The molecule has 0 spiro atoms. The van der Waals surface area contributed by atoms with Crippen molar-refractivity contribution in [3.8, 4) is 11.5 Å². The van der Waals surface area contributed by atoms with Gasteiger partial charge in [-0.2, -0.15) is 0 Å². The lowest BCUT2D eigenvalue weighted by Gasteiger charge is -2.21. The lowest BCUT2D eigenvalue weighted by molar-refractivity contribution is -0.120. The van der Waals surface area contributed by atoms with Crippen LogP contribution in [0.4, 0.5) is 10.1 Å². The second-order valence-corrected chi connectivity index (χ2v) is 5.90. The summed E-state index contributed by atoms with van der Waals surface area (Å²) in [5, 5.41) is 0. The molecule has 2 aromatic carbocycles. The number of halogens is 2. The van der Waals surface area contributed by atoms with E-state index < -0.39 is 0 Å². The van der Waals surface area contributed by atoms with Gasteiger partial charge in [0.2, 0.25) is 0 Å². The topological polar surface area (TPSA) is 38.8 Å². The average Bonchev–Trinajstić information content (AvgIpc) is 2.68. The predicted molar refractivity (Wildman–Crippen MR) is 88.4 cm³/mol. The van der Waals surface area contributed by atoms with Gasteiger partial charge in [-0.1, -0.05) is 12.1 Å². The van der Waals surface area contributed by atoms with Crippen LogP contribution in [-0.2, 0) is 11.3 Å². The fourth-order valence-electron chi connectivity index (χ4n) is 2.51. The Hall–Kier alpha value is -2.08. The standard InChI is InChI=1S/C17H15BrFNO3/c1-2-22-15-5-3-4-11-9-20(16(21)10-23-17(11)15)14-7-6-12(19)8-13(14)18/h3-8H,2,9-10H2,1H3. The molecule has 0 radical (unpaired) electrons. The molecule has 0 bridgehead atoms. The molecule has 0 fully saturated rings. The van der Waals surface area contributed by atoms with Crippen LogP contribution < -0.4 is 14.4 Å². The molecule has 3 rings (SSSR count). The zero-order valence-electron chi connectivity index (χ0n) is 12.5. The third-order valence-corrected chi connectivity index (χ3v) is 4.17.